The van der Waals surface area contributed by atoms with Gasteiger partial charge < -0.3 is 30.4 Å². The van der Waals surface area contributed by atoms with E-state index in [9.17, 15) is 24.3 Å². The Morgan fingerprint density at radius 1 is 0.720 bits per heavy atom. The summed E-state index contributed by atoms with van der Waals surface area (Å²) in [4.78, 5) is 52.7. The van der Waals surface area contributed by atoms with Crippen LogP contribution in [0, 0.1) is 5.41 Å². The Balaban J connectivity index is 1.31. The summed E-state index contributed by atoms with van der Waals surface area (Å²) in [5, 5.41) is 12.8. The molecule has 50 heavy (non-hydrogen) atoms. The lowest BCUT2D eigenvalue weighted by atomic mass is 9.85. The molecule has 0 bridgehead atoms. The number of carbonyl (C=O) groups is 4. The van der Waals surface area contributed by atoms with Crippen LogP contribution in [-0.4, -0.2) is 60.0 Å². The Morgan fingerprint density at radius 2 is 1.22 bits per heavy atom. The van der Waals surface area contributed by atoms with Crippen molar-refractivity contribution in [1.82, 2.24) is 5.32 Å². The normalized spacial score (nSPS) is 14.6. The summed E-state index contributed by atoms with van der Waals surface area (Å²) in [5.74, 6) is -3.58. The van der Waals surface area contributed by atoms with Gasteiger partial charge in [-0.05, 0) is 39.8 Å². The second kappa shape index (κ2) is 15.8. The molecule has 4 atom stereocenters. The van der Waals surface area contributed by atoms with E-state index >= 15 is 0 Å². The number of rotatable bonds is 13. The second-order valence-electron chi connectivity index (χ2n) is 13.4. The van der Waals surface area contributed by atoms with Crippen LogP contribution in [-0.2, 0) is 41.4 Å². The standard InChI is InChI=1S/C40H42N2O8/c1-40(2,3)35(34(36(43)44)49-37(45)32(41)22-25-14-6-4-7-15-25)50-38(46)33(23-26-16-8-5-9-17-26)42-39(47)48-24-31-29-20-12-10-18-27(29)28-19-11-13-21-30(28)31/h4-21,31-35H,22-24,41H2,1-3H3,(H,42,47)(H,43,44)/t32-,33-,34?,35?/m0/s1. The van der Waals surface area contributed by atoms with Crippen molar-refractivity contribution < 1.29 is 38.5 Å². The van der Waals surface area contributed by atoms with E-state index in [0.717, 1.165) is 27.8 Å². The van der Waals surface area contributed by atoms with Crippen LogP contribution in [0.3, 0.4) is 0 Å². The molecule has 4 aromatic rings. The molecular formula is C40H42N2O8. The number of esters is 2. The largest absolute Gasteiger partial charge is 0.478 e. The minimum atomic E-state index is -1.87. The number of aliphatic carboxylic acids is 1. The van der Waals surface area contributed by atoms with Gasteiger partial charge in [-0.1, -0.05) is 130 Å². The number of carboxylic acids is 1. The van der Waals surface area contributed by atoms with Crippen LogP contribution in [0.4, 0.5) is 4.79 Å². The lowest BCUT2D eigenvalue weighted by molar-refractivity contribution is -0.189. The van der Waals surface area contributed by atoms with Gasteiger partial charge in [-0.2, -0.15) is 0 Å². The van der Waals surface area contributed by atoms with E-state index in [1.165, 1.54) is 0 Å². The zero-order valence-electron chi connectivity index (χ0n) is 28.3. The van der Waals surface area contributed by atoms with E-state index in [-0.39, 0.29) is 25.4 Å². The molecule has 10 heteroatoms. The van der Waals surface area contributed by atoms with Gasteiger partial charge in [-0.25, -0.2) is 14.4 Å². The molecule has 5 rings (SSSR count). The Labute approximate surface area is 291 Å². The SMILES string of the molecule is CC(C)(C)C(OC(=O)[C@H](Cc1ccccc1)NC(=O)OCC1c2ccccc2-c2ccccc21)C(OC(=O)[C@@H](N)Cc1ccccc1)C(=O)O. The molecule has 0 heterocycles. The summed E-state index contributed by atoms with van der Waals surface area (Å²) < 4.78 is 17.0. The number of hydrogen-bond acceptors (Lipinski definition) is 8. The first kappa shape index (κ1) is 35.8. The zero-order valence-corrected chi connectivity index (χ0v) is 28.3. The van der Waals surface area contributed by atoms with E-state index in [0.29, 0.717) is 5.56 Å². The maximum atomic E-state index is 13.9. The highest BCUT2D eigenvalue weighted by atomic mass is 16.6. The van der Waals surface area contributed by atoms with Gasteiger partial charge in [0.05, 0.1) is 0 Å². The zero-order chi connectivity index (χ0) is 35.8. The molecule has 1 amide bonds. The first-order chi connectivity index (χ1) is 23.9. The van der Waals surface area contributed by atoms with Gasteiger partial charge in [0.15, 0.2) is 6.10 Å². The molecule has 0 saturated heterocycles. The predicted molar refractivity (Wildman–Crippen MR) is 187 cm³/mol. The number of ether oxygens (including phenoxy) is 3. The van der Waals surface area contributed by atoms with Crippen LogP contribution in [0.2, 0.25) is 0 Å². The molecule has 260 valence electrons. The highest BCUT2D eigenvalue weighted by Gasteiger charge is 2.44. The van der Waals surface area contributed by atoms with Crippen molar-refractivity contribution in [3.63, 3.8) is 0 Å². The third-order valence-corrected chi connectivity index (χ3v) is 8.66. The van der Waals surface area contributed by atoms with Gasteiger partial charge in [-0.15, -0.1) is 0 Å². The minimum absolute atomic E-state index is 0.0257. The third kappa shape index (κ3) is 8.75. The summed E-state index contributed by atoms with van der Waals surface area (Å²) >= 11 is 0. The Kier molecular flexibility index (Phi) is 11.3. The van der Waals surface area contributed by atoms with Crippen LogP contribution >= 0.6 is 0 Å². The fourth-order valence-electron chi connectivity index (χ4n) is 6.13. The van der Waals surface area contributed by atoms with Crippen LogP contribution < -0.4 is 11.1 Å². The van der Waals surface area contributed by atoms with E-state index < -0.39 is 53.7 Å². The Bertz CT molecular complexity index is 1760. The monoisotopic (exact) mass is 678 g/mol. The van der Waals surface area contributed by atoms with Gasteiger partial charge in [0, 0.05) is 17.8 Å². The first-order valence-corrected chi connectivity index (χ1v) is 16.5. The summed E-state index contributed by atoms with van der Waals surface area (Å²) in [6.07, 6.45) is -4.01. The van der Waals surface area contributed by atoms with Crippen molar-refractivity contribution in [2.24, 2.45) is 11.1 Å². The topological polar surface area (TPSA) is 154 Å². The van der Waals surface area contributed by atoms with Crippen LogP contribution in [0.5, 0.6) is 0 Å². The molecule has 1 aliphatic carbocycles. The number of carbonyl (C=O) groups excluding carboxylic acids is 3. The minimum Gasteiger partial charge on any atom is -0.478 e. The van der Waals surface area contributed by atoms with Crippen molar-refractivity contribution >= 4 is 24.0 Å². The molecule has 0 aromatic heterocycles. The van der Waals surface area contributed by atoms with Crippen LogP contribution in [0.1, 0.15) is 48.9 Å². The van der Waals surface area contributed by atoms with Gasteiger partial charge in [-0.3, -0.25) is 4.79 Å². The number of nitrogens with two attached hydrogens (primary N) is 1. The van der Waals surface area contributed by atoms with Gasteiger partial charge in [0.25, 0.3) is 0 Å². The summed E-state index contributed by atoms with van der Waals surface area (Å²) in [6.45, 7) is 5.00. The molecular weight excluding hydrogens is 636 g/mol. The lowest BCUT2D eigenvalue weighted by Crippen LogP contribution is -2.53. The molecule has 0 spiro atoms. The van der Waals surface area contributed by atoms with E-state index in [4.69, 9.17) is 19.9 Å². The molecule has 1 aliphatic rings. The van der Waals surface area contributed by atoms with Crippen molar-refractivity contribution in [3.8, 4) is 11.1 Å². The fraction of sp³-hybridized carbons (Fsp3) is 0.300. The molecule has 0 fully saturated rings. The fourth-order valence-corrected chi connectivity index (χ4v) is 6.13. The molecule has 2 unspecified atom stereocenters. The van der Waals surface area contributed by atoms with E-state index in [2.05, 4.69) is 5.32 Å². The molecule has 10 nitrogen and oxygen atoms in total. The van der Waals surface area contributed by atoms with E-state index in [1.54, 1.807) is 69.3 Å². The Morgan fingerprint density at radius 3 is 1.74 bits per heavy atom. The first-order valence-electron chi connectivity index (χ1n) is 16.5. The number of hydrogen-bond donors (Lipinski definition) is 3. The highest BCUT2D eigenvalue weighted by molar-refractivity contribution is 5.84. The number of carboxylic acid groups (broad SMARTS) is 1. The molecule has 0 radical (unpaired) electrons. The number of amides is 1. The lowest BCUT2D eigenvalue weighted by Gasteiger charge is -2.35. The third-order valence-electron chi connectivity index (χ3n) is 8.66. The van der Waals surface area contributed by atoms with Crippen LogP contribution in [0.15, 0.2) is 109 Å². The maximum absolute atomic E-state index is 13.9. The average molecular weight is 679 g/mol. The number of benzene rings is 4. The van der Waals surface area contributed by atoms with Crippen molar-refractivity contribution in [1.29, 1.82) is 0 Å². The Hall–Kier alpha value is -5.48. The van der Waals surface area contributed by atoms with Crippen molar-refractivity contribution in [3.05, 3.63) is 131 Å². The van der Waals surface area contributed by atoms with Crippen LogP contribution in [0.25, 0.3) is 11.1 Å². The number of nitrogens with one attached hydrogen (secondary N) is 1. The second-order valence-corrected chi connectivity index (χ2v) is 13.4. The molecule has 4 N–H and O–H groups in total. The van der Waals surface area contributed by atoms with Gasteiger partial charge in [0.1, 0.15) is 18.7 Å². The quantitative estimate of drug-likeness (QED) is 0.120. The molecule has 4 aromatic carbocycles. The maximum Gasteiger partial charge on any atom is 0.407 e. The smallest absolute Gasteiger partial charge is 0.407 e. The summed E-state index contributed by atoms with van der Waals surface area (Å²) in [7, 11) is 0. The summed E-state index contributed by atoms with van der Waals surface area (Å²) in [5.41, 5.74) is 10.8. The highest BCUT2D eigenvalue weighted by Crippen LogP contribution is 2.44. The molecule has 0 saturated carbocycles. The van der Waals surface area contributed by atoms with Crippen molar-refractivity contribution in [2.45, 2.75) is 63.8 Å². The van der Waals surface area contributed by atoms with Gasteiger partial charge in [0.2, 0.25) is 6.10 Å². The number of alkyl carbamates (subject to hydrolysis) is 1. The molecule has 0 aliphatic heterocycles. The average Bonchev–Trinajstić information content (AvgIpc) is 3.42. The summed E-state index contributed by atoms with van der Waals surface area (Å²) in [6, 6.07) is 31.4. The number of fused-ring (bicyclic) bond motifs is 3. The van der Waals surface area contributed by atoms with E-state index in [1.807, 2.05) is 60.7 Å². The van der Waals surface area contributed by atoms with Crippen molar-refractivity contribution in [2.75, 3.05) is 6.61 Å². The van der Waals surface area contributed by atoms with Gasteiger partial charge >= 0.3 is 24.0 Å². The predicted octanol–water partition coefficient (Wildman–Crippen LogP) is 5.66.